The molecule has 0 saturated heterocycles. The molecule has 1 aromatic rings. The lowest BCUT2D eigenvalue weighted by Crippen LogP contribution is -2.15. The maximum Gasteiger partial charge on any atom is 0.227 e. The van der Waals surface area contributed by atoms with Crippen molar-refractivity contribution in [1.29, 1.82) is 0 Å². The number of nitrogens with one attached hydrogen (secondary N) is 1. The molecule has 1 amide bonds. The minimum absolute atomic E-state index is 0.0246. The number of carbonyl (C=O) groups is 1. The fraction of sp³-hybridized carbons (Fsp3) is 0.364. The molecular formula is C11H12Cl2N2O. The van der Waals surface area contributed by atoms with Gasteiger partial charge >= 0.3 is 0 Å². The van der Waals surface area contributed by atoms with Crippen LogP contribution in [-0.2, 0) is 4.79 Å². The lowest BCUT2D eigenvalue weighted by molar-refractivity contribution is -0.117. The number of nitrogens with two attached hydrogens (primary N) is 1. The molecule has 0 aromatic heterocycles. The van der Waals surface area contributed by atoms with Crippen LogP contribution in [0.3, 0.4) is 0 Å². The van der Waals surface area contributed by atoms with Crippen LogP contribution in [0.2, 0.25) is 10.0 Å². The number of halogens is 2. The maximum atomic E-state index is 11.7. The van der Waals surface area contributed by atoms with E-state index in [4.69, 9.17) is 28.9 Å². The van der Waals surface area contributed by atoms with Gasteiger partial charge in [-0.05, 0) is 24.5 Å². The Balaban J connectivity index is 2.18. The van der Waals surface area contributed by atoms with E-state index in [1.807, 2.05) is 6.92 Å². The van der Waals surface area contributed by atoms with Crippen LogP contribution in [-0.4, -0.2) is 5.91 Å². The second-order valence-electron chi connectivity index (χ2n) is 4.16. The minimum Gasteiger partial charge on any atom is -0.397 e. The van der Waals surface area contributed by atoms with Crippen LogP contribution in [0, 0.1) is 11.8 Å². The third-order valence-electron chi connectivity index (χ3n) is 2.78. The van der Waals surface area contributed by atoms with E-state index in [9.17, 15) is 4.79 Å². The number of hydrogen-bond donors (Lipinski definition) is 2. The van der Waals surface area contributed by atoms with E-state index in [2.05, 4.69) is 5.32 Å². The Morgan fingerprint density at radius 2 is 2.12 bits per heavy atom. The molecule has 2 rings (SSSR count). The van der Waals surface area contributed by atoms with E-state index in [1.54, 1.807) is 12.1 Å². The van der Waals surface area contributed by atoms with Gasteiger partial charge in [-0.15, -0.1) is 0 Å². The van der Waals surface area contributed by atoms with E-state index in [-0.39, 0.29) is 11.8 Å². The molecule has 1 aliphatic rings. The largest absolute Gasteiger partial charge is 0.397 e. The summed E-state index contributed by atoms with van der Waals surface area (Å²) in [5.41, 5.74) is 6.58. The number of amides is 1. The molecule has 0 aliphatic heterocycles. The normalized spacial score (nSPS) is 22.9. The van der Waals surface area contributed by atoms with Crippen molar-refractivity contribution in [3.63, 3.8) is 0 Å². The SMILES string of the molecule is CC1CC1C(=O)Nc1c(N)cc(Cl)cc1Cl. The van der Waals surface area contributed by atoms with Crippen molar-refractivity contribution in [1.82, 2.24) is 0 Å². The molecule has 1 aromatic carbocycles. The number of hydrogen-bond acceptors (Lipinski definition) is 2. The van der Waals surface area contributed by atoms with Crippen LogP contribution in [0.5, 0.6) is 0 Å². The van der Waals surface area contributed by atoms with Crippen LogP contribution in [0.15, 0.2) is 12.1 Å². The molecule has 2 atom stereocenters. The number of rotatable bonds is 2. The Kier molecular flexibility index (Phi) is 3.00. The third kappa shape index (κ3) is 2.25. The van der Waals surface area contributed by atoms with Gasteiger partial charge in [-0.2, -0.15) is 0 Å². The van der Waals surface area contributed by atoms with Crippen LogP contribution in [0.25, 0.3) is 0 Å². The van der Waals surface area contributed by atoms with Crippen LogP contribution in [0.1, 0.15) is 13.3 Å². The maximum absolute atomic E-state index is 11.7. The van der Waals surface area contributed by atoms with Gasteiger partial charge in [0.2, 0.25) is 5.91 Å². The first kappa shape index (κ1) is 11.6. The van der Waals surface area contributed by atoms with E-state index in [0.29, 0.717) is 27.3 Å². The van der Waals surface area contributed by atoms with Crippen LogP contribution < -0.4 is 11.1 Å². The summed E-state index contributed by atoms with van der Waals surface area (Å²) in [7, 11) is 0. The van der Waals surface area contributed by atoms with Gasteiger partial charge in [0.15, 0.2) is 0 Å². The second-order valence-corrected chi connectivity index (χ2v) is 5.00. The Hall–Kier alpha value is -0.930. The van der Waals surface area contributed by atoms with E-state index in [1.165, 1.54) is 0 Å². The third-order valence-corrected chi connectivity index (χ3v) is 3.30. The summed E-state index contributed by atoms with van der Waals surface area (Å²) in [6.07, 6.45) is 0.928. The van der Waals surface area contributed by atoms with Crippen molar-refractivity contribution in [2.75, 3.05) is 11.1 Å². The minimum atomic E-state index is -0.0246. The highest BCUT2D eigenvalue weighted by molar-refractivity contribution is 6.37. The summed E-state index contributed by atoms with van der Waals surface area (Å²) in [5.74, 6) is 0.516. The Bertz CT molecular complexity index is 425. The summed E-state index contributed by atoms with van der Waals surface area (Å²) >= 11 is 11.7. The van der Waals surface area contributed by atoms with Gasteiger partial charge < -0.3 is 11.1 Å². The van der Waals surface area contributed by atoms with Crippen molar-refractivity contribution < 1.29 is 4.79 Å². The Morgan fingerprint density at radius 3 is 2.62 bits per heavy atom. The molecule has 0 heterocycles. The average molecular weight is 259 g/mol. The highest BCUT2D eigenvalue weighted by Crippen LogP contribution is 2.40. The molecule has 0 radical (unpaired) electrons. The quantitative estimate of drug-likeness (QED) is 0.801. The van der Waals surface area contributed by atoms with Gasteiger partial charge in [0.25, 0.3) is 0 Å². The topological polar surface area (TPSA) is 55.1 Å². The molecule has 2 unspecified atom stereocenters. The average Bonchev–Trinajstić information content (AvgIpc) is 2.88. The fourth-order valence-corrected chi connectivity index (χ4v) is 2.19. The molecule has 1 aliphatic carbocycles. The molecule has 1 fully saturated rings. The van der Waals surface area contributed by atoms with Crippen molar-refractivity contribution in [2.45, 2.75) is 13.3 Å². The van der Waals surface area contributed by atoms with Crippen molar-refractivity contribution >= 4 is 40.5 Å². The molecule has 1 saturated carbocycles. The van der Waals surface area contributed by atoms with Gasteiger partial charge in [-0.1, -0.05) is 30.1 Å². The molecule has 0 spiro atoms. The highest BCUT2D eigenvalue weighted by atomic mass is 35.5. The first-order chi connectivity index (χ1) is 7.49. The molecule has 16 heavy (non-hydrogen) atoms. The van der Waals surface area contributed by atoms with E-state index in [0.717, 1.165) is 6.42 Å². The summed E-state index contributed by atoms with van der Waals surface area (Å²) < 4.78 is 0. The van der Waals surface area contributed by atoms with Gasteiger partial charge in [0, 0.05) is 10.9 Å². The van der Waals surface area contributed by atoms with Gasteiger partial charge in [-0.25, -0.2) is 0 Å². The molecule has 0 bridgehead atoms. The van der Waals surface area contributed by atoms with E-state index >= 15 is 0 Å². The highest BCUT2D eigenvalue weighted by Gasteiger charge is 2.39. The van der Waals surface area contributed by atoms with Crippen molar-refractivity contribution in [3.05, 3.63) is 22.2 Å². The summed E-state index contributed by atoms with van der Waals surface area (Å²) in [4.78, 5) is 11.7. The number of anilines is 2. The van der Waals surface area contributed by atoms with Gasteiger partial charge in [0.1, 0.15) is 0 Å². The summed E-state index contributed by atoms with van der Waals surface area (Å²) in [5, 5.41) is 3.57. The van der Waals surface area contributed by atoms with Gasteiger partial charge in [-0.3, -0.25) is 4.79 Å². The standard InChI is InChI=1S/C11H12Cl2N2O/c1-5-2-7(5)11(16)15-10-8(13)3-6(12)4-9(10)14/h3-5,7H,2,14H2,1H3,(H,15,16). The lowest BCUT2D eigenvalue weighted by atomic mass is 10.2. The van der Waals surface area contributed by atoms with Crippen molar-refractivity contribution in [2.24, 2.45) is 11.8 Å². The molecule has 86 valence electrons. The molecule has 5 heteroatoms. The van der Waals surface area contributed by atoms with E-state index < -0.39 is 0 Å². The smallest absolute Gasteiger partial charge is 0.227 e. The lowest BCUT2D eigenvalue weighted by Gasteiger charge is -2.10. The van der Waals surface area contributed by atoms with Crippen molar-refractivity contribution in [3.8, 4) is 0 Å². The number of benzene rings is 1. The van der Waals surface area contributed by atoms with Crippen LogP contribution >= 0.6 is 23.2 Å². The summed E-state index contributed by atoms with van der Waals surface area (Å²) in [6, 6.07) is 3.13. The summed E-state index contributed by atoms with van der Waals surface area (Å²) in [6.45, 7) is 2.04. The monoisotopic (exact) mass is 258 g/mol. The first-order valence-electron chi connectivity index (χ1n) is 5.04. The predicted molar refractivity (Wildman–Crippen MR) is 66.8 cm³/mol. The Morgan fingerprint density at radius 1 is 1.50 bits per heavy atom. The molecular weight excluding hydrogens is 247 g/mol. The fourth-order valence-electron chi connectivity index (χ4n) is 1.63. The zero-order valence-corrected chi connectivity index (χ0v) is 10.3. The van der Waals surface area contributed by atoms with Gasteiger partial charge in [0.05, 0.1) is 16.4 Å². The number of carbonyl (C=O) groups excluding carboxylic acids is 1. The predicted octanol–water partition coefficient (Wildman–Crippen LogP) is 3.17. The number of nitrogen functional groups attached to an aromatic ring is 1. The second kappa shape index (κ2) is 4.15. The van der Waals surface area contributed by atoms with Crippen LogP contribution in [0.4, 0.5) is 11.4 Å². The zero-order valence-electron chi connectivity index (χ0n) is 8.76. The molecule has 3 nitrogen and oxygen atoms in total. The first-order valence-corrected chi connectivity index (χ1v) is 5.80. The molecule has 3 N–H and O–H groups in total. The Labute approximate surface area is 104 Å². The zero-order chi connectivity index (χ0) is 11.9.